The topological polar surface area (TPSA) is 49.3 Å². The summed E-state index contributed by atoms with van der Waals surface area (Å²) in [6, 6.07) is 15.3. The summed E-state index contributed by atoms with van der Waals surface area (Å²) in [6.45, 7) is 7.09. The number of phenols is 1. The molecule has 0 aliphatic heterocycles. The molecule has 0 spiro atoms. The van der Waals surface area contributed by atoms with Crippen LogP contribution in [0.5, 0.6) is 5.75 Å². The molecule has 0 atom stereocenters. The summed E-state index contributed by atoms with van der Waals surface area (Å²) in [4.78, 5) is 12.5. The minimum absolute atomic E-state index is 0.0889. The summed E-state index contributed by atoms with van der Waals surface area (Å²) >= 11 is 0. The predicted molar refractivity (Wildman–Crippen MR) is 112 cm³/mol. The van der Waals surface area contributed by atoms with Crippen LogP contribution in [0.15, 0.2) is 48.5 Å². The van der Waals surface area contributed by atoms with Gasteiger partial charge in [0.1, 0.15) is 5.75 Å². The van der Waals surface area contributed by atoms with E-state index in [-0.39, 0.29) is 17.1 Å². The smallest absolute Gasteiger partial charge is 0.251 e. The molecule has 0 aliphatic rings. The van der Waals surface area contributed by atoms with Crippen LogP contribution < -0.4 is 5.32 Å². The second kappa shape index (κ2) is 10.1. The van der Waals surface area contributed by atoms with Crippen molar-refractivity contribution >= 4 is 5.91 Å². The van der Waals surface area contributed by atoms with Crippen molar-refractivity contribution in [1.29, 1.82) is 0 Å². The lowest BCUT2D eigenvalue weighted by Gasteiger charge is -2.26. The van der Waals surface area contributed by atoms with Gasteiger partial charge in [0.25, 0.3) is 5.91 Å². The van der Waals surface area contributed by atoms with Crippen LogP contribution in [0.25, 0.3) is 0 Å². The predicted octanol–water partition coefficient (Wildman–Crippen LogP) is 5.61. The van der Waals surface area contributed by atoms with E-state index >= 15 is 0 Å². The highest BCUT2D eigenvalue weighted by molar-refractivity contribution is 5.94. The van der Waals surface area contributed by atoms with Gasteiger partial charge < -0.3 is 10.4 Å². The molecule has 2 aromatic carbocycles. The molecule has 0 heterocycles. The summed E-state index contributed by atoms with van der Waals surface area (Å²) in [5.74, 6) is 0.185. The van der Waals surface area contributed by atoms with Crippen molar-refractivity contribution in [3.8, 4) is 5.75 Å². The average Bonchev–Trinajstić information content (AvgIpc) is 2.66. The van der Waals surface area contributed by atoms with E-state index in [1.807, 2.05) is 24.3 Å². The largest absolute Gasteiger partial charge is 0.508 e. The van der Waals surface area contributed by atoms with E-state index in [4.69, 9.17) is 0 Å². The van der Waals surface area contributed by atoms with Crippen LogP contribution in [0.4, 0.5) is 0 Å². The van der Waals surface area contributed by atoms with Gasteiger partial charge in [0.15, 0.2) is 0 Å². The van der Waals surface area contributed by atoms with E-state index in [2.05, 4.69) is 38.2 Å². The van der Waals surface area contributed by atoms with Gasteiger partial charge in [-0.25, -0.2) is 0 Å². The second-order valence-electron chi connectivity index (χ2n) is 7.92. The number of unbranched alkanes of at least 4 members (excludes halogenated alkanes) is 3. The molecule has 0 unspecified atom stereocenters. The van der Waals surface area contributed by atoms with Gasteiger partial charge >= 0.3 is 0 Å². The van der Waals surface area contributed by atoms with Gasteiger partial charge in [-0.1, -0.05) is 76.8 Å². The highest BCUT2D eigenvalue weighted by Crippen LogP contribution is 2.35. The van der Waals surface area contributed by atoms with E-state index in [9.17, 15) is 9.90 Å². The molecular formula is C24H33NO2. The molecular weight excluding hydrogens is 334 g/mol. The first kappa shape index (κ1) is 21.0. The van der Waals surface area contributed by atoms with Crippen LogP contribution >= 0.6 is 0 Å². The van der Waals surface area contributed by atoms with Crippen molar-refractivity contribution in [1.82, 2.24) is 5.32 Å². The lowest BCUT2D eigenvalue weighted by Crippen LogP contribution is -2.26. The summed E-state index contributed by atoms with van der Waals surface area (Å²) in [6.07, 6.45) is 6.60. The fraction of sp³-hybridized carbons (Fsp3) is 0.458. The van der Waals surface area contributed by atoms with Gasteiger partial charge in [0, 0.05) is 17.7 Å². The van der Waals surface area contributed by atoms with Crippen molar-refractivity contribution in [3.63, 3.8) is 0 Å². The fourth-order valence-corrected chi connectivity index (χ4v) is 3.41. The van der Waals surface area contributed by atoms with Crippen molar-refractivity contribution < 1.29 is 9.90 Å². The summed E-state index contributed by atoms with van der Waals surface area (Å²) in [5.41, 5.74) is 2.52. The number of carbonyl (C=O) groups is 1. The molecule has 2 aromatic rings. The van der Waals surface area contributed by atoms with Crippen LogP contribution in [0.3, 0.4) is 0 Å². The van der Waals surface area contributed by atoms with Gasteiger partial charge in [-0.2, -0.15) is 0 Å². The molecule has 2 N–H and O–H groups in total. The highest BCUT2D eigenvalue weighted by Gasteiger charge is 2.24. The Labute approximate surface area is 163 Å². The first-order valence-electron chi connectivity index (χ1n) is 10.1. The van der Waals surface area contributed by atoms with Gasteiger partial charge in [-0.05, 0) is 42.0 Å². The van der Waals surface area contributed by atoms with Crippen molar-refractivity contribution in [2.75, 3.05) is 6.54 Å². The Morgan fingerprint density at radius 2 is 1.78 bits per heavy atom. The molecule has 3 heteroatoms. The monoisotopic (exact) mass is 367 g/mol. The molecule has 0 saturated carbocycles. The molecule has 0 aromatic heterocycles. The number of phenolic OH excluding ortho intramolecular Hbond substituents is 1. The quantitative estimate of drug-likeness (QED) is 0.536. The summed E-state index contributed by atoms with van der Waals surface area (Å²) in [7, 11) is 0. The SMILES string of the molecule is CCCCCCC(C)(C)c1cc(C(=O)NCCc2ccccc2)ccc1O. The van der Waals surface area contributed by atoms with Crippen LogP contribution in [0.1, 0.15) is 74.4 Å². The first-order valence-corrected chi connectivity index (χ1v) is 10.1. The standard InChI is InChI=1S/C24H33NO2/c1-4-5-6-10-16-24(2,3)21-18-20(13-14-22(21)26)23(27)25-17-15-19-11-8-7-9-12-19/h7-9,11-14,18,26H,4-6,10,15-17H2,1-3H3,(H,25,27). The molecule has 3 nitrogen and oxygen atoms in total. The zero-order valence-electron chi connectivity index (χ0n) is 16.9. The van der Waals surface area contributed by atoms with Crippen LogP contribution in [0, 0.1) is 0 Å². The first-order chi connectivity index (χ1) is 12.9. The number of rotatable bonds is 10. The van der Waals surface area contributed by atoms with E-state index in [1.54, 1.807) is 12.1 Å². The maximum Gasteiger partial charge on any atom is 0.251 e. The third kappa shape index (κ3) is 6.42. The fourth-order valence-electron chi connectivity index (χ4n) is 3.41. The Morgan fingerprint density at radius 3 is 2.48 bits per heavy atom. The normalized spacial score (nSPS) is 11.4. The van der Waals surface area contributed by atoms with E-state index in [0.29, 0.717) is 12.1 Å². The van der Waals surface area contributed by atoms with Gasteiger partial charge in [0.05, 0.1) is 0 Å². The number of aromatic hydroxyl groups is 1. The Morgan fingerprint density at radius 1 is 1.04 bits per heavy atom. The lowest BCUT2D eigenvalue weighted by molar-refractivity contribution is 0.0954. The van der Waals surface area contributed by atoms with E-state index in [1.165, 1.54) is 24.8 Å². The molecule has 1 amide bonds. The molecule has 27 heavy (non-hydrogen) atoms. The molecule has 0 radical (unpaired) electrons. The second-order valence-corrected chi connectivity index (χ2v) is 7.92. The minimum Gasteiger partial charge on any atom is -0.508 e. The number of benzene rings is 2. The minimum atomic E-state index is -0.155. The number of amides is 1. The molecule has 146 valence electrons. The molecule has 0 fully saturated rings. The average molecular weight is 368 g/mol. The third-order valence-corrected chi connectivity index (χ3v) is 5.19. The molecule has 0 bridgehead atoms. The Balaban J connectivity index is 1.99. The zero-order chi connectivity index (χ0) is 19.7. The summed E-state index contributed by atoms with van der Waals surface area (Å²) in [5, 5.41) is 13.3. The number of carbonyl (C=O) groups excluding carboxylic acids is 1. The van der Waals surface area contributed by atoms with Crippen molar-refractivity contribution in [2.24, 2.45) is 0 Å². The van der Waals surface area contributed by atoms with E-state index < -0.39 is 0 Å². The van der Waals surface area contributed by atoms with Gasteiger partial charge in [-0.3, -0.25) is 4.79 Å². The zero-order valence-corrected chi connectivity index (χ0v) is 16.9. The molecule has 2 rings (SSSR count). The Hall–Kier alpha value is -2.29. The van der Waals surface area contributed by atoms with Crippen molar-refractivity contribution in [2.45, 2.75) is 64.7 Å². The lowest BCUT2D eigenvalue weighted by atomic mass is 9.79. The van der Waals surface area contributed by atoms with Crippen LogP contribution in [-0.2, 0) is 11.8 Å². The third-order valence-electron chi connectivity index (χ3n) is 5.19. The van der Waals surface area contributed by atoms with Gasteiger partial charge in [-0.15, -0.1) is 0 Å². The molecule has 0 saturated heterocycles. The Kier molecular flexibility index (Phi) is 7.90. The summed E-state index contributed by atoms with van der Waals surface area (Å²) < 4.78 is 0. The van der Waals surface area contributed by atoms with E-state index in [0.717, 1.165) is 24.8 Å². The number of hydrogen-bond donors (Lipinski definition) is 2. The molecule has 0 aliphatic carbocycles. The van der Waals surface area contributed by atoms with Crippen LogP contribution in [0.2, 0.25) is 0 Å². The van der Waals surface area contributed by atoms with Crippen molar-refractivity contribution in [3.05, 3.63) is 65.2 Å². The number of hydrogen-bond acceptors (Lipinski definition) is 2. The Bertz CT molecular complexity index is 722. The highest BCUT2D eigenvalue weighted by atomic mass is 16.3. The maximum atomic E-state index is 12.5. The number of nitrogens with one attached hydrogen (secondary N) is 1. The van der Waals surface area contributed by atoms with Crippen LogP contribution in [-0.4, -0.2) is 17.6 Å². The van der Waals surface area contributed by atoms with Gasteiger partial charge in [0.2, 0.25) is 0 Å². The maximum absolute atomic E-state index is 12.5.